The summed E-state index contributed by atoms with van der Waals surface area (Å²) in [5, 5.41) is 0. The minimum absolute atomic E-state index is 0.663. The second-order valence-corrected chi connectivity index (χ2v) is 23.6. The molecule has 0 aromatic heterocycles. The van der Waals surface area contributed by atoms with Gasteiger partial charge in [0.15, 0.2) is 0 Å². The van der Waals surface area contributed by atoms with Crippen LogP contribution in [-0.2, 0) is 3.98 Å². The van der Waals surface area contributed by atoms with Gasteiger partial charge in [-0.25, -0.2) is 0 Å². The molecule has 4 aromatic carbocycles. The number of hydrogen-bond acceptors (Lipinski definition) is 3. The molecule has 0 atom stereocenters. The Morgan fingerprint density at radius 3 is 1.11 bits per heavy atom. The van der Waals surface area contributed by atoms with Crippen molar-refractivity contribution in [3.8, 4) is 17.2 Å². The Hall–Kier alpha value is -2.80. The van der Waals surface area contributed by atoms with Gasteiger partial charge in [0, 0.05) is 0 Å². The molecule has 0 aliphatic carbocycles. The van der Waals surface area contributed by atoms with Crippen LogP contribution in [0.3, 0.4) is 0 Å². The Morgan fingerprint density at radius 1 is 0.457 bits per heavy atom. The molecular weight excluding hydrogens is 628 g/mol. The summed E-state index contributed by atoms with van der Waals surface area (Å²) in [6, 6.07) is 37.4. The molecule has 4 heteroatoms. The zero-order valence-corrected chi connectivity index (χ0v) is 24.8. The van der Waals surface area contributed by atoms with Crippen molar-refractivity contribution in [2.75, 3.05) is 19.8 Å². The van der Waals surface area contributed by atoms with E-state index in [4.69, 9.17) is 14.2 Å². The normalized spacial score (nSPS) is 11.2. The van der Waals surface area contributed by atoms with Gasteiger partial charge in [0.05, 0.1) is 0 Å². The monoisotopic (exact) mass is 662 g/mol. The zero-order chi connectivity index (χ0) is 24.5. The van der Waals surface area contributed by atoms with Gasteiger partial charge in [-0.05, 0) is 0 Å². The molecule has 0 aliphatic heterocycles. The molecule has 0 saturated heterocycles. The van der Waals surface area contributed by atoms with Gasteiger partial charge in [-0.15, -0.1) is 0 Å². The first-order chi connectivity index (χ1) is 17.2. The van der Waals surface area contributed by atoms with Crippen LogP contribution >= 0.6 is 0 Å². The van der Waals surface area contributed by atoms with E-state index < -0.39 is 21.2 Å². The predicted molar refractivity (Wildman–Crippen MR) is 148 cm³/mol. The fraction of sp³-hybridized carbons (Fsp3) is 0.226. The van der Waals surface area contributed by atoms with Crippen LogP contribution in [0.1, 0.15) is 26.3 Å². The van der Waals surface area contributed by atoms with E-state index in [0.29, 0.717) is 19.8 Å². The third-order valence-electron chi connectivity index (χ3n) is 6.29. The predicted octanol–water partition coefficient (Wildman–Crippen LogP) is 5.13. The van der Waals surface area contributed by atoms with Crippen molar-refractivity contribution < 1.29 is 14.2 Å². The Balaban J connectivity index is 1.92. The summed E-state index contributed by atoms with van der Waals surface area (Å²) in [6.45, 7) is 8.05. The summed E-state index contributed by atoms with van der Waals surface area (Å²) in [4.78, 5) is 0. The topological polar surface area (TPSA) is 27.7 Å². The molecule has 0 saturated carbocycles. The first-order valence-corrected chi connectivity index (χ1v) is 21.0. The molecule has 3 nitrogen and oxygen atoms in total. The van der Waals surface area contributed by atoms with Crippen molar-refractivity contribution in [2.24, 2.45) is 0 Å². The summed E-state index contributed by atoms with van der Waals surface area (Å²) in [5.74, 6) is 2.74. The average Bonchev–Trinajstić information content (AvgIpc) is 2.90. The molecule has 0 aliphatic rings. The van der Waals surface area contributed by atoms with Crippen LogP contribution in [0.5, 0.6) is 17.2 Å². The first-order valence-electron chi connectivity index (χ1n) is 12.4. The molecular formula is C31H34O3Pb. The number of rotatable bonds is 11. The van der Waals surface area contributed by atoms with Crippen LogP contribution in [0.4, 0.5) is 0 Å². The van der Waals surface area contributed by atoms with E-state index in [2.05, 4.69) is 103 Å². The molecule has 0 fully saturated rings. The van der Waals surface area contributed by atoms with E-state index in [9.17, 15) is 0 Å². The van der Waals surface area contributed by atoms with Gasteiger partial charge < -0.3 is 0 Å². The van der Waals surface area contributed by atoms with Crippen molar-refractivity contribution in [2.45, 2.75) is 24.8 Å². The summed E-state index contributed by atoms with van der Waals surface area (Å²) in [7, 11) is 0. The number of hydrogen-bond donors (Lipinski definition) is 0. The van der Waals surface area contributed by atoms with Crippen molar-refractivity contribution in [3.05, 3.63) is 109 Å². The standard InChI is InChI=1S/3C8H9O.C7H7.Pb/c3*1-2-9-8-6-4-3-5-7-8;1-7-5-3-2-4-6-7;/h3*4-7H,2H2,1H3;2-6H,1H2;. The molecule has 180 valence electrons. The van der Waals surface area contributed by atoms with Crippen molar-refractivity contribution in [1.29, 1.82) is 0 Å². The molecule has 0 amide bonds. The summed E-state index contributed by atoms with van der Waals surface area (Å²) < 4.78 is 22.7. The fourth-order valence-corrected chi connectivity index (χ4v) is 22.9. The van der Waals surface area contributed by atoms with Gasteiger partial charge in [0.25, 0.3) is 0 Å². The maximum absolute atomic E-state index is 5.78. The van der Waals surface area contributed by atoms with Crippen LogP contribution in [-0.4, -0.2) is 41.0 Å². The van der Waals surface area contributed by atoms with Gasteiger partial charge in [-0.1, -0.05) is 0 Å². The van der Waals surface area contributed by atoms with E-state index in [1.165, 1.54) is 14.9 Å². The molecule has 0 heterocycles. The van der Waals surface area contributed by atoms with Gasteiger partial charge in [-0.3, -0.25) is 0 Å². The van der Waals surface area contributed by atoms with E-state index >= 15 is 0 Å². The second kappa shape index (κ2) is 12.2. The van der Waals surface area contributed by atoms with E-state index in [-0.39, 0.29) is 0 Å². The zero-order valence-electron chi connectivity index (χ0n) is 20.9. The molecule has 0 spiro atoms. The average molecular weight is 662 g/mol. The molecule has 0 bridgehead atoms. The van der Waals surface area contributed by atoms with Crippen LogP contribution in [0.15, 0.2) is 103 Å². The quantitative estimate of drug-likeness (QED) is 0.209. The number of benzene rings is 4. The molecule has 4 rings (SSSR count). The van der Waals surface area contributed by atoms with Crippen LogP contribution < -0.4 is 23.6 Å². The van der Waals surface area contributed by atoms with Crippen molar-refractivity contribution >= 4 is 30.5 Å². The minimum atomic E-state index is -3.70. The van der Waals surface area contributed by atoms with Crippen LogP contribution in [0.25, 0.3) is 0 Å². The Bertz CT molecular complexity index is 1050. The Kier molecular flexibility index (Phi) is 8.85. The Morgan fingerprint density at radius 2 is 0.800 bits per heavy atom. The third-order valence-corrected chi connectivity index (χ3v) is 25.3. The molecule has 35 heavy (non-hydrogen) atoms. The summed E-state index contributed by atoms with van der Waals surface area (Å²) in [5.41, 5.74) is 1.37. The molecule has 4 aromatic rings. The van der Waals surface area contributed by atoms with Gasteiger partial charge in [-0.2, -0.15) is 0 Å². The number of ether oxygens (including phenoxy) is 3. The van der Waals surface area contributed by atoms with E-state index in [1.54, 1.807) is 0 Å². The summed E-state index contributed by atoms with van der Waals surface area (Å²) in [6.07, 6.45) is 0. The van der Waals surface area contributed by atoms with Crippen molar-refractivity contribution in [1.82, 2.24) is 0 Å². The Labute approximate surface area is 214 Å². The van der Waals surface area contributed by atoms with E-state index in [1.807, 2.05) is 20.8 Å². The van der Waals surface area contributed by atoms with Crippen molar-refractivity contribution in [3.63, 3.8) is 0 Å². The molecule has 0 unspecified atom stereocenters. The molecule has 0 radical (unpaired) electrons. The maximum atomic E-state index is 5.78. The van der Waals surface area contributed by atoms with Crippen LogP contribution in [0, 0.1) is 0 Å². The van der Waals surface area contributed by atoms with Gasteiger partial charge in [0.2, 0.25) is 0 Å². The molecule has 0 N–H and O–H groups in total. The first kappa shape index (κ1) is 25.3. The van der Waals surface area contributed by atoms with Gasteiger partial charge in [0.1, 0.15) is 0 Å². The third kappa shape index (κ3) is 5.89. The van der Waals surface area contributed by atoms with E-state index in [0.717, 1.165) is 21.2 Å². The SMILES string of the molecule is CCOc1cc[c]([Pb]([CH2]c2ccccc2)([c]2ccc(OCC)cc2)[c]2ccc(OCC)cc2)cc1. The fourth-order valence-electron chi connectivity index (χ4n) is 4.72. The van der Waals surface area contributed by atoms with Crippen LogP contribution in [0.2, 0.25) is 0 Å². The second-order valence-electron chi connectivity index (χ2n) is 8.44. The van der Waals surface area contributed by atoms with Gasteiger partial charge >= 0.3 is 215 Å². The summed E-state index contributed by atoms with van der Waals surface area (Å²) >= 11 is -3.70.